The lowest BCUT2D eigenvalue weighted by atomic mass is 10.1. The van der Waals surface area contributed by atoms with Crippen LogP contribution in [0.15, 0.2) is 48.5 Å². The van der Waals surface area contributed by atoms with Gasteiger partial charge < -0.3 is 20.9 Å². The number of nitrogens with zero attached hydrogens (tertiary/aromatic N) is 1. The Labute approximate surface area is 200 Å². The number of anilines is 2. The first-order valence-electron chi connectivity index (χ1n) is 11.4. The van der Waals surface area contributed by atoms with Crippen LogP contribution in [0.25, 0.3) is 0 Å². The van der Waals surface area contributed by atoms with Crippen LogP contribution in [0.4, 0.5) is 11.4 Å². The maximum Gasteiger partial charge on any atom is 0.255 e. The Morgan fingerprint density at radius 1 is 0.941 bits per heavy atom. The van der Waals surface area contributed by atoms with Crippen LogP contribution >= 0.6 is 0 Å². The monoisotopic (exact) mass is 464 g/mol. The average Bonchev–Trinajstić information content (AvgIpc) is 3.15. The number of rotatable bonds is 6. The molecule has 1 aliphatic heterocycles. The minimum atomic E-state index is -0.409. The van der Waals surface area contributed by atoms with E-state index in [4.69, 9.17) is 0 Å². The van der Waals surface area contributed by atoms with E-state index in [2.05, 4.69) is 16.0 Å². The molecule has 0 bridgehead atoms. The Morgan fingerprint density at radius 3 is 2.18 bits per heavy atom. The summed E-state index contributed by atoms with van der Waals surface area (Å²) in [4.78, 5) is 51.7. The van der Waals surface area contributed by atoms with E-state index in [1.165, 1.54) is 0 Å². The maximum absolute atomic E-state index is 12.8. The van der Waals surface area contributed by atoms with Crippen LogP contribution in [-0.2, 0) is 9.59 Å². The molecule has 1 aliphatic rings. The molecule has 2 aromatic carbocycles. The van der Waals surface area contributed by atoms with E-state index in [1.54, 1.807) is 53.4 Å². The quantitative estimate of drug-likeness (QED) is 0.606. The lowest BCUT2D eigenvalue weighted by Crippen LogP contribution is -2.40. The molecule has 1 heterocycles. The molecule has 2 aromatic rings. The van der Waals surface area contributed by atoms with Gasteiger partial charge in [-0.3, -0.25) is 19.2 Å². The Morgan fingerprint density at radius 2 is 1.59 bits per heavy atom. The number of carbonyl (C=O) groups is 4. The van der Waals surface area contributed by atoms with E-state index in [0.29, 0.717) is 29.0 Å². The second kappa shape index (κ2) is 10.1. The van der Waals surface area contributed by atoms with Crippen molar-refractivity contribution < 1.29 is 19.2 Å². The van der Waals surface area contributed by atoms with Crippen LogP contribution < -0.4 is 16.0 Å². The SMILES string of the molecule is CC(C)N1CC(C(=O)Nc2ccc(C(=O)Nc3ccccc3C(=O)NC(C)(C)C)cc2)CC1=O. The molecule has 1 fully saturated rings. The van der Waals surface area contributed by atoms with Crippen molar-refractivity contribution in [3.63, 3.8) is 0 Å². The Bertz CT molecular complexity index is 1090. The normalized spacial score (nSPS) is 15.9. The zero-order valence-corrected chi connectivity index (χ0v) is 20.3. The maximum atomic E-state index is 12.8. The van der Waals surface area contributed by atoms with Crippen molar-refractivity contribution in [2.24, 2.45) is 5.92 Å². The van der Waals surface area contributed by atoms with E-state index in [9.17, 15) is 19.2 Å². The fourth-order valence-electron chi connectivity index (χ4n) is 3.75. The summed E-state index contributed by atoms with van der Waals surface area (Å²) in [6.45, 7) is 9.92. The van der Waals surface area contributed by atoms with Gasteiger partial charge in [0.15, 0.2) is 0 Å². The highest BCUT2D eigenvalue weighted by Gasteiger charge is 2.35. The number of likely N-dealkylation sites (tertiary alicyclic amines) is 1. The molecule has 1 saturated heterocycles. The fraction of sp³-hybridized carbons (Fsp3) is 0.385. The van der Waals surface area contributed by atoms with Gasteiger partial charge >= 0.3 is 0 Å². The van der Waals surface area contributed by atoms with Gasteiger partial charge in [-0.15, -0.1) is 0 Å². The highest BCUT2D eigenvalue weighted by atomic mass is 16.2. The first-order valence-corrected chi connectivity index (χ1v) is 11.4. The topological polar surface area (TPSA) is 108 Å². The van der Waals surface area contributed by atoms with Gasteiger partial charge in [-0.05, 0) is 71.0 Å². The standard InChI is InChI=1S/C26H32N4O4/c1-16(2)30-15-18(14-22(30)31)24(33)27-19-12-10-17(11-13-19)23(32)28-21-9-7-6-8-20(21)25(34)29-26(3,4)5/h6-13,16,18H,14-15H2,1-5H3,(H,27,33)(H,28,32)(H,29,34). The van der Waals surface area contributed by atoms with Gasteiger partial charge in [-0.2, -0.15) is 0 Å². The average molecular weight is 465 g/mol. The number of para-hydroxylation sites is 1. The van der Waals surface area contributed by atoms with Gasteiger partial charge in [0, 0.05) is 35.8 Å². The van der Waals surface area contributed by atoms with Crippen molar-refractivity contribution in [1.29, 1.82) is 0 Å². The summed E-state index contributed by atoms with van der Waals surface area (Å²) in [5, 5.41) is 8.51. The zero-order valence-electron chi connectivity index (χ0n) is 20.3. The van der Waals surface area contributed by atoms with Crippen molar-refractivity contribution in [3.8, 4) is 0 Å². The number of hydrogen-bond donors (Lipinski definition) is 3. The lowest BCUT2D eigenvalue weighted by molar-refractivity contribution is -0.129. The summed E-state index contributed by atoms with van der Waals surface area (Å²) in [5.74, 6) is -1.27. The number of nitrogens with one attached hydrogen (secondary N) is 3. The molecule has 4 amide bonds. The minimum absolute atomic E-state index is 0.0152. The van der Waals surface area contributed by atoms with Crippen LogP contribution in [0.5, 0.6) is 0 Å². The molecular formula is C26H32N4O4. The van der Waals surface area contributed by atoms with E-state index < -0.39 is 11.5 Å². The fourth-order valence-corrected chi connectivity index (χ4v) is 3.75. The second-order valence-electron chi connectivity index (χ2n) is 9.81. The molecule has 34 heavy (non-hydrogen) atoms. The van der Waals surface area contributed by atoms with Gasteiger partial charge in [0.25, 0.3) is 11.8 Å². The van der Waals surface area contributed by atoms with Gasteiger partial charge in [-0.1, -0.05) is 12.1 Å². The molecular weight excluding hydrogens is 432 g/mol. The molecule has 1 atom stereocenters. The van der Waals surface area contributed by atoms with Crippen LogP contribution in [0.1, 0.15) is 61.8 Å². The molecule has 1 unspecified atom stereocenters. The summed E-state index contributed by atoms with van der Waals surface area (Å²) in [6, 6.07) is 13.4. The molecule has 0 saturated carbocycles. The lowest BCUT2D eigenvalue weighted by Gasteiger charge is -2.21. The highest BCUT2D eigenvalue weighted by molar-refractivity contribution is 6.09. The van der Waals surface area contributed by atoms with E-state index in [0.717, 1.165) is 0 Å². The number of amides is 4. The molecule has 180 valence electrons. The summed E-state index contributed by atoms with van der Waals surface area (Å²) in [5.41, 5.74) is 1.30. The van der Waals surface area contributed by atoms with Gasteiger partial charge in [0.1, 0.15) is 0 Å². The van der Waals surface area contributed by atoms with Crippen molar-refractivity contribution in [2.45, 2.75) is 52.6 Å². The first-order chi connectivity index (χ1) is 15.9. The first kappa shape index (κ1) is 25.0. The summed E-state index contributed by atoms with van der Waals surface area (Å²) in [7, 11) is 0. The Hall–Kier alpha value is -3.68. The van der Waals surface area contributed by atoms with Crippen molar-refractivity contribution in [2.75, 3.05) is 17.2 Å². The summed E-state index contributed by atoms with van der Waals surface area (Å²) in [6.07, 6.45) is 0.201. The summed E-state index contributed by atoms with van der Waals surface area (Å²) >= 11 is 0. The largest absolute Gasteiger partial charge is 0.347 e. The van der Waals surface area contributed by atoms with E-state index in [-0.39, 0.29) is 36.1 Å². The predicted octanol–water partition coefficient (Wildman–Crippen LogP) is 3.66. The molecule has 0 radical (unpaired) electrons. The van der Waals surface area contributed by atoms with E-state index in [1.807, 2.05) is 34.6 Å². The van der Waals surface area contributed by atoms with Gasteiger partial charge in [-0.25, -0.2) is 0 Å². The molecule has 0 aromatic heterocycles. The minimum Gasteiger partial charge on any atom is -0.347 e. The molecule has 0 aliphatic carbocycles. The number of carbonyl (C=O) groups excluding carboxylic acids is 4. The highest BCUT2D eigenvalue weighted by Crippen LogP contribution is 2.22. The predicted molar refractivity (Wildman–Crippen MR) is 132 cm³/mol. The Balaban J connectivity index is 1.64. The van der Waals surface area contributed by atoms with E-state index >= 15 is 0 Å². The molecule has 0 spiro atoms. The van der Waals surface area contributed by atoms with Crippen LogP contribution in [-0.4, -0.2) is 46.7 Å². The second-order valence-corrected chi connectivity index (χ2v) is 9.81. The number of hydrogen-bond acceptors (Lipinski definition) is 4. The Kier molecular flexibility index (Phi) is 7.39. The molecule has 3 N–H and O–H groups in total. The third-order valence-electron chi connectivity index (χ3n) is 5.48. The smallest absolute Gasteiger partial charge is 0.255 e. The zero-order chi connectivity index (χ0) is 25.0. The summed E-state index contributed by atoms with van der Waals surface area (Å²) < 4.78 is 0. The third-order valence-corrected chi connectivity index (χ3v) is 5.48. The van der Waals surface area contributed by atoms with Crippen molar-refractivity contribution in [1.82, 2.24) is 10.2 Å². The third kappa shape index (κ3) is 6.21. The number of benzene rings is 2. The van der Waals surface area contributed by atoms with Crippen molar-refractivity contribution >= 4 is 35.0 Å². The van der Waals surface area contributed by atoms with Crippen LogP contribution in [0.2, 0.25) is 0 Å². The van der Waals surface area contributed by atoms with Gasteiger partial charge in [0.2, 0.25) is 11.8 Å². The van der Waals surface area contributed by atoms with Crippen LogP contribution in [0.3, 0.4) is 0 Å². The van der Waals surface area contributed by atoms with Gasteiger partial charge in [0.05, 0.1) is 17.2 Å². The molecule has 3 rings (SSSR count). The molecule has 8 heteroatoms. The van der Waals surface area contributed by atoms with Crippen molar-refractivity contribution in [3.05, 3.63) is 59.7 Å². The molecule has 8 nitrogen and oxygen atoms in total. The van der Waals surface area contributed by atoms with Crippen LogP contribution in [0, 0.1) is 5.92 Å².